The van der Waals surface area contributed by atoms with Gasteiger partial charge in [0.1, 0.15) is 19.3 Å². The molecule has 0 aromatic carbocycles. The monoisotopic (exact) mass is 370 g/mol. The van der Waals surface area contributed by atoms with Gasteiger partial charge in [0.2, 0.25) is 0 Å². The highest BCUT2D eigenvalue weighted by atomic mass is 16.6. The molecule has 0 amide bonds. The summed E-state index contributed by atoms with van der Waals surface area (Å²) in [4.78, 5) is 22.8. The van der Waals surface area contributed by atoms with E-state index in [0.29, 0.717) is 6.42 Å². The summed E-state index contributed by atoms with van der Waals surface area (Å²) in [5.41, 5.74) is 0.269. The van der Waals surface area contributed by atoms with Crippen LogP contribution < -0.4 is 0 Å². The van der Waals surface area contributed by atoms with Gasteiger partial charge in [0.25, 0.3) is 0 Å². The maximum absolute atomic E-state index is 11.6. The van der Waals surface area contributed by atoms with E-state index in [-0.39, 0.29) is 24.8 Å². The second-order valence-electron chi connectivity index (χ2n) is 7.00. The quantitative estimate of drug-likeness (QED) is 0.228. The van der Waals surface area contributed by atoms with Gasteiger partial charge in [0, 0.05) is 12.0 Å². The Labute approximate surface area is 159 Å². The van der Waals surface area contributed by atoms with Crippen LogP contribution in [0.3, 0.4) is 0 Å². The van der Waals surface area contributed by atoms with Gasteiger partial charge in [-0.05, 0) is 13.3 Å². The first kappa shape index (κ1) is 24.6. The van der Waals surface area contributed by atoms with E-state index in [9.17, 15) is 14.7 Å². The van der Waals surface area contributed by atoms with E-state index in [1.807, 2.05) is 0 Å². The smallest absolute Gasteiger partial charge is 0.333 e. The Hall–Kier alpha value is -1.36. The van der Waals surface area contributed by atoms with Gasteiger partial charge in [-0.3, -0.25) is 4.79 Å². The van der Waals surface area contributed by atoms with Crippen molar-refractivity contribution < 1.29 is 24.2 Å². The molecule has 0 saturated heterocycles. The van der Waals surface area contributed by atoms with Crippen LogP contribution in [0, 0.1) is 0 Å². The van der Waals surface area contributed by atoms with E-state index in [4.69, 9.17) is 9.47 Å². The molecule has 1 unspecified atom stereocenters. The van der Waals surface area contributed by atoms with E-state index in [1.165, 1.54) is 58.3 Å². The predicted octanol–water partition coefficient (Wildman–Crippen LogP) is 4.71. The standard InChI is InChI=1S/C21H38O5/c1-4-5-6-7-8-9-10-11-12-13-14-15-20(23)25-16-19(22)17-26-21(24)18(2)3/h19,22H,2,4-17H2,1,3H3. The molecule has 26 heavy (non-hydrogen) atoms. The number of aliphatic hydroxyl groups excluding tert-OH is 1. The van der Waals surface area contributed by atoms with Crippen LogP contribution in [0.1, 0.15) is 90.9 Å². The number of unbranched alkanes of at least 4 members (excludes halogenated alkanes) is 10. The summed E-state index contributed by atoms with van der Waals surface area (Å²) in [6.07, 6.45) is 12.9. The zero-order chi connectivity index (χ0) is 19.6. The van der Waals surface area contributed by atoms with Gasteiger partial charge >= 0.3 is 11.9 Å². The van der Waals surface area contributed by atoms with Gasteiger partial charge in [-0.2, -0.15) is 0 Å². The highest BCUT2D eigenvalue weighted by Gasteiger charge is 2.12. The van der Waals surface area contributed by atoms with Gasteiger partial charge < -0.3 is 14.6 Å². The van der Waals surface area contributed by atoms with Gasteiger partial charge in [0.15, 0.2) is 0 Å². The Balaban J connectivity index is 3.41. The lowest BCUT2D eigenvalue weighted by Gasteiger charge is -2.12. The molecule has 1 atom stereocenters. The topological polar surface area (TPSA) is 72.8 Å². The van der Waals surface area contributed by atoms with Gasteiger partial charge in [0.05, 0.1) is 0 Å². The largest absolute Gasteiger partial charge is 0.463 e. The second-order valence-corrected chi connectivity index (χ2v) is 7.00. The molecule has 0 spiro atoms. The fourth-order valence-corrected chi connectivity index (χ4v) is 2.54. The summed E-state index contributed by atoms with van der Waals surface area (Å²) in [7, 11) is 0. The van der Waals surface area contributed by atoms with Crippen LogP contribution in [0.5, 0.6) is 0 Å². The van der Waals surface area contributed by atoms with E-state index in [2.05, 4.69) is 13.5 Å². The number of aliphatic hydroxyl groups is 1. The molecule has 0 aromatic rings. The molecule has 0 aliphatic heterocycles. The first-order valence-corrected chi connectivity index (χ1v) is 10.1. The van der Waals surface area contributed by atoms with Gasteiger partial charge in [-0.1, -0.05) is 77.7 Å². The molecule has 5 nitrogen and oxygen atoms in total. The van der Waals surface area contributed by atoms with Crippen LogP contribution in [-0.4, -0.2) is 36.4 Å². The minimum atomic E-state index is -1.00. The van der Waals surface area contributed by atoms with Crippen molar-refractivity contribution in [3.05, 3.63) is 12.2 Å². The summed E-state index contributed by atoms with van der Waals surface area (Å²) in [6, 6.07) is 0. The van der Waals surface area contributed by atoms with Crippen molar-refractivity contribution in [2.24, 2.45) is 0 Å². The van der Waals surface area contributed by atoms with Crippen LogP contribution in [0.4, 0.5) is 0 Å². The zero-order valence-corrected chi connectivity index (χ0v) is 16.8. The fraction of sp³-hybridized carbons (Fsp3) is 0.810. The van der Waals surface area contributed by atoms with Crippen molar-refractivity contribution in [3.63, 3.8) is 0 Å². The maximum atomic E-state index is 11.6. The fourth-order valence-electron chi connectivity index (χ4n) is 2.54. The van der Waals surface area contributed by atoms with Crippen molar-refractivity contribution in [1.82, 2.24) is 0 Å². The molecule has 0 bridgehead atoms. The molecule has 0 fully saturated rings. The molecule has 152 valence electrons. The molecular weight excluding hydrogens is 332 g/mol. The number of hydrogen-bond acceptors (Lipinski definition) is 5. The highest BCUT2D eigenvalue weighted by molar-refractivity contribution is 5.86. The lowest BCUT2D eigenvalue weighted by molar-refractivity contribution is -0.150. The Kier molecular flexibility index (Phi) is 16.2. The summed E-state index contributed by atoms with van der Waals surface area (Å²) >= 11 is 0. The van der Waals surface area contributed by atoms with E-state index >= 15 is 0 Å². The normalized spacial score (nSPS) is 11.8. The van der Waals surface area contributed by atoms with E-state index < -0.39 is 12.1 Å². The van der Waals surface area contributed by atoms with Gasteiger partial charge in [-0.15, -0.1) is 0 Å². The Morgan fingerprint density at radius 2 is 1.31 bits per heavy atom. The van der Waals surface area contributed by atoms with Crippen LogP contribution in [-0.2, 0) is 19.1 Å². The van der Waals surface area contributed by atoms with E-state index in [0.717, 1.165) is 19.3 Å². The summed E-state index contributed by atoms with van der Waals surface area (Å²) in [5.74, 6) is -0.873. The molecule has 0 saturated carbocycles. The Bertz CT molecular complexity index is 392. The predicted molar refractivity (Wildman–Crippen MR) is 104 cm³/mol. The van der Waals surface area contributed by atoms with Crippen LogP contribution in [0.15, 0.2) is 12.2 Å². The Morgan fingerprint density at radius 1 is 0.846 bits per heavy atom. The van der Waals surface area contributed by atoms with Gasteiger partial charge in [-0.25, -0.2) is 4.79 Å². The molecule has 0 radical (unpaired) electrons. The number of esters is 2. The minimum absolute atomic E-state index is 0.152. The number of rotatable bonds is 17. The average Bonchev–Trinajstić information content (AvgIpc) is 2.62. The molecule has 0 aliphatic carbocycles. The molecule has 0 rings (SSSR count). The molecule has 0 aliphatic rings. The maximum Gasteiger partial charge on any atom is 0.333 e. The summed E-state index contributed by atoms with van der Waals surface area (Å²) in [5, 5.41) is 9.60. The van der Waals surface area contributed by atoms with Crippen molar-refractivity contribution in [2.75, 3.05) is 13.2 Å². The number of ether oxygens (including phenoxy) is 2. The Morgan fingerprint density at radius 3 is 1.81 bits per heavy atom. The first-order chi connectivity index (χ1) is 12.5. The SMILES string of the molecule is C=C(C)C(=O)OCC(O)COC(=O)CCCCCCCCCCCCC. The van der Waals surface area contributed by atoms with Crippen molar-refractivity contribution in [1.29, 1.82) is 0 Å². The minimum Gasteiger partial charge on any atom is -0.463 e. The lowest BCUT2D eigenvalue weighted by Crippen LogP contribution is -2.25. The first-order valence-electron chi connectivity index (χ1n) is 10.1. The number of hydrogen-bond donors (Lipinski definition) is 1. The third-order valence-electron chi connectivity index (χ3n) is 4.18. The third kappa shape index (κ3) is 16.1. The van der Waals surface area contributed by atoms with Crippen LogP contribution in [0.25, 0.3) is 0 Å². The van der Waals surface area contributed by atoms with E-state index in [1.54, 1.807) is 0 Å². The summed E-state index contributed by atoms with van der Waals surface area (Å²) < 4.78 is 9.78. The van der Waals surface area contributed by atoms with Crippen molar-refractivity contribution in [2.45, 2.75) is 97.0 Å². The molecule has 5 heteroatoms. The highest BCUT2D eigenvalue weighted by Crippen LogP contribution is 2.12. The molecule has 0 aromatic heterocycles. The second kappa shape index (κ2) is 17.1. The zero-order valence-electron chi connectivity index (χ0n) is 16.8. The van der Waals surface area contributed by atoms with Crippen molar-refractivity contribution in [3.8, 4) is 0 Å². The van der Waals surface area contributed by atoms with Crippen LogP contribution >= 0.6 is 0 Å². The molecule has 0 heterocycles. The molecular formula is C21H38O5. The number of carbonyl (C=O) groups excluding carboxylic acids is 2. The van der Waals surface area contributed by atoms with Crippen molar-refractivity contribution >= 4 is 11.9 Å². The third-order valence-corrected chi connectivity index (χ3v) is 4.18. The van der Waals surface area contributed by atoms with Crippen LogP contribution in [0.2, 0.25) is 0 Å². The average molecular weight is 371 g/mol. The lowest BCUT2D eigenvalue weighted by atomic mass is 10.1. The number of carbonyl (C=O) groups is 2. The molecule has 1 N–H and O–H groups in total. The summed E-state index contributed by atoms with van der Waals surface area (Å²) in [6.45, 7) is 6.86.